The number of benzene rings is 1. The molecule has 1 heterocycles. The highest BCUT2D eigenvalue weighted by Gasteiger charge is 2.40. The predicted octanol–water partition coefficient (Wildman–Crippen LogP) is 2.91. The molecule has 0 unspecified atom stereocenters. The Morgan fingerprint density at radius 3 is 2.18 bits per heavy atom. The Morgan fingerprint density at radius 1 is 1.00 bits per heavy atom. The van der Waals surface area contributed by atoms with Crippen LogP contribution in [0.2, 0.25) is 0 Å². The van der Waals surface area contributed by atoms with E-state index < -0.39 is 0 Å². The van der Waals surface area contributed by atoms with Crippen molar-refractivity contribution in [1.29, 1.82) is 0 Å². The van der Waals surface area contributed by atoms with Gasteiger partial charge in [0, 0.05) is 12.0 Å². The molecule has 1 saturated heterocycles. The second-order valence-electron chi connectivity index (χ2n) is 5.66. The van der Waals surface area contributed by atoms with Crippen molar-refractivity contribution in [3.05, 3.63) is 29.8 Å². The summed E-state index contributed by atoms with van der Waals surface area (Å²) in [6.07, 6.45) is 6.72. The van der Waals surface area contributed by atoms with Gasteiger partial charge in [-0.15, -0.1) is 0 Å². The maximum absolute atomic E-state index is 9.39. The van der Waals surface area contributed by atoms with Crippen LogP contribution in [0.4, 0.5) is 0 Å². The lowest BCUT2D eigenvalue weighted by molar-refractivity contribution is 0.159. The molecule has 92 valence electrons. The number of nitrogens with zero attached hydrogens (tertiary/aromatic N) is 1. The first-order valence-electron chi connectivity index (χ1n) is 6.80. The van der Waals surface area contributed by atoms with Gasteiger partial charge in [-0.05, 0) is 56.5 Å². The maximum Gasteiger partial charge on any atom is 0.115 e. The number of rotatable bonds is 3. The Labute approximate surface area is 103 Å². The van der Waals surface area contributed by atoms with Crippen molar-refractivity contribution in [1.82, 2.24) is 4.90 Å². The second-order valence-corrected chi connectivity index (χ2v) is 5.66. The largest absolute Gasteiger partial charge is 0.508 e. The van der Waals surface area contributed by atoms with Crippen molar-refractivity contribution in [3.63, 3.8) is 0 Å². The first-order chi connectivity index (χ1) is 8.28. The zero-order chi connectivity index (χ0) is 11.7. The van der Waals surface area contributed by atoms with Gasteiger partial charge in [0.1, 0.15) is 5.75 Å². The maximum atomic E-state index is 9.39. The van der Waals surface area contributed by atoms with Gasteiger partial charge in [0.2, 0.25) is 0 Å². The minimum Gasteiger partial charge on any atom is -0.508 e. The van der Waals surface area contributed by atoms with Gasteiger partial charge in [0.05, 0.1) is 0 Å². The fourth-order valence-electron chi connectivity index (χ4n) is 3.33. The van der Waals surface area contributed by atoms with Gasteiger partial charge in [0.15, 0.2) is 0 Å². The van der Waals surface area contributed by atoms with Gasteiger partial charge in [-0.25, -0.2) is 0 Å². The minimum absolute atomic E-state index is 0.379. The van der Waals surface area contributed by atoms with Gasteiger partial charge >= 0.3 is 0 Å². The zero-order valence-corrected chi connectivity index (χ0v) is 10.4. The first kappa shape index (κ1) is 11.1. The average molecular weight is 231 g/mol. The third-order valence-corrected chi connectivity index (χ3v) is 4.52. The summed E-state index contributed by atoms with van der Waals surface area (Å²) in [5.74, 6) is 0.379. The fourth-order valence-corrected chi connectivity index (χ4v) is 3.33. The normalized spacial score (nSPS) is 23.5. The lowest BCUT2D eigenvalue weighted by atomic mass is 9.64. The van der Waals surface area contributed by atoms with Gasteiger partial charge in [-0.1, -0.05) is 18.6 Å². The molecule has 2 fully saturated rings. The average Bonchev–Trinajstić information content (AvgIpc) is 2.77. The molecule has 1 saturated carbocycles. The molecule has 0 atom stereocenters. The van der Waals surface area contributed by atoms with Crippen LogP contribution in [-0.2, 0) is 5.41 Å². The lowest BCUT2D eigenvalue weighted by Crippen LogP contribution is -2.44. The van der Waals surface area contributed by atoms with E-state index in [1.807, 2.05) is 12.1 Å². The summed E-state index contributed by atoms with van der Waals surface area (Å²) in [7, 11) is 0. The standard InChI is InChI=1S/C15H21NO/c17-14-6-4-13(5-7-14)15(8-3-9-15)12-16-10-1-2-11-16/h4-7,17H,1-3,8-12H2. The SMILES string of the molecule is Oc1ccc(C2(CN3CCCC3)CCC2)cc1. The van der Waals surface area contributed by atoms with Crippen molar-refractivity contribution in [2.24, 2.45) is 0 Å². The second kappa shape index (κ2) is 4.34. The first-order valence-corrected chi connectivity index (χ1v) is 6.80. The summed E-state index contributed by atoms with van der Waals surface area (Å²) in [6.45, 7) is 3.78. The van der Waals surface area contributed by atoms with E-state index in [1.165, 1.54) is 57.3 Å². The molecule has 1 N–H and O–H groups in total. The highest BCUT2D eigenvalue weighted by atomic mass is 16.3. The Hall–Kier alpha value is -1.02. The van der Waals surface area contributed by atoms with Crippen molar-refractivity contribution >= 4 is 0 Å². The number of likely N-dealkylation sites (tertiary alicyclic amines) is 1. The minimum atomic E-state index is 0.379. The third kappa shape index (κ3) is 2.06. The van der Waals surface area contributed by atoms with E-state index in [1.54, 1.807) is 0 Å². The Morgan fingerprint density at radius 2 is 1.65 bits per heavy atom. The van der Waals surface area contributed by atoms with Crippen LogP contribution in [0.1, 0.15) is 37.7 Å². The van der Waals surface area contributed by atoms with E-state index in [0.29, 0.717) is 11.2 Å². The van der Waals surface area contributed by atoms with E-state index in [4.69, 9.17) is 0 Å². The predicted molar refractivity (Wildman–Crippen MR) is 69.3 cm³/mol. The molecule has 0 bridgehead atoms. The highest BCUT2D eigenvalue weighted by Crippen LogP contribution is 2.45. The number of phenols is 1. The van der Waals surface area contributed by atoms with E-state index in [0.717, 1.165) is 0 Å². The molecule has 0 aromatic heterocycles. The van der Waals surface area contributed by atoms with Gasteiger partial charge in [-0.2, -0.15) is 0 Å². The monoisotopic (exact) mass is 231 g/mol. The molecule has 0 radical (unpaired) electrons. The van der Waals surface area contributed by atoms with Gasteiger partial charge < -0.3 is 10.0 Å². The van der Waals surface area contributed by atoms with E-state index in [2.05, 4.69) is 17.0 Å². The molecular weight excluding hydrogens is 210 g/mol. The van der Waals surface area contributed by atoms with Crippen LogP contribution >= 0.6 is 0 Å². The number of aromatic hydroxyl groups is 1. The van der Waals surface area contributed by atoms with Crippen LogP contribution in [-0.4, -0.2) is 29.6 Å². The van der Waals surface area contributed by atoms with Crippen LogP contribution < -0.4 is 0 Å². The van der Waals surface area contributed by atoms with Crippen LogP contribution in [0.5, 0.6) is 5.75 Å². The third-order valence-electron chi connectivity index (χ3n) is 4.52. The van der Waals surface area contributed by atoms with Crippen LogP contribution in [0, 0.1) is 0 Å². The molecule has 0 amide bonds. The zero-order valence-electron chi connectivity index (χ0n) is 10.4. The van der Waals surface area contributed by atoms with E-state index >= 15 is 0 Å². The molecule has 1 aromatic carbocycles. The number of hydrogen-bond acceptors (Lipinski definition) is 2. The molecule has 17 heavy (non-hydrogen) atoms. The van der Waals surface area contributed by atoms with Crippen molar-refractivity contribution in [2.45, 2.75) is 37.5 Å². The summed E-state index contributed by atoms with van der Waals surface area (Å²) in [4.78, 5) is 2.62. The van der Waals surface area contributed by atoms with Crippen molar-refractivity contribution in [2.75, 3.05) is 19.6 Å². The van der Waals surface area contributed by atoms with Crippen molar-refractivity contribution < 1.29 is 5.11 Å². The van der Waals surface area contributed by atoms with Gasteiger partial charge in [0.25, 0.3) is 0 Å². The van der Waals surface area contributed by atoms with Gasteiger partial charge in [-0.3, -0.25) is 0 Å². The van der Waals surface area contributed by atoms with Crippen LogP contribution in [0.3, 0.4) is 0 Å². The summed E-state index contributed by atoms with van der Waals surface area (Å²) < 4.78 is 0. The quantitative estimate of drug-likeness (QED) is 0.864. The Balaban J connectivity index is 1.78. The lowest BCUT2D eigenvalue weighted by Gasteiger charge is -2.45. The summed E-state index contributed by atoms with van der Waals surface area (Å²) in [5, 5.41) is 9.39. The molecule has 2 heteroatoms. The van der Waals surface area contributed by atoms with Crippen molar-refractivity contribution in [3.8, 4) is 5.75 Å². The number of phenolic OH excluding ortho intramolecular Hbond substituents is 1. The Bertz CT molecular complexity index is 374. The molecule has 3 rings (SSSR count). The highest BCUT2D eigenvalue weighted by molar-refractivity contribution is 5.33. The van der Waals surface area contributed by atoms with E-state index in [-0.39, 0.29) is 0 Å². The fraction of sp³-hybridized carbons (Fsp3) is 0.600. The molecule has 1 aromatic rings. The van der Waals surface area contributed by atoms with Crippen LogP contribution in [0.15, 0.2) is 24.3 Å². The molecule has 0 spiro atoms. The molecule has 1 aliphatic carbocycles. The molecule has 2 nitrogen and oxygen atoms in total. The molecule has 1 aliphatic heterocycles. The number of hydrogen-bond donors (Lipinski definition) is 1. The summed E-state index contributed by atoms with van der Waals surface area (Å²) in [6, 6.07) is 7.90. The summed E-state index contributed by atoms with van der Waals surface area (Å²) >= 11 is 0. The molecule has 2 aliphatic rings. The van der Waals surface area contributed by atoms with Crippen LogP contribution in [0.25, 0.3) is 0 Å². The summed E-state index contributed by atoms with van der Waals surface area (Å²) in [5.41, 5.74) is 1.81. The topological polar surface area (TPSA) is 23.5 Å². The smallest absolute Gasteiger partial charge is 0.115 e. The Kier molecular flexibility index (Phi) is 2.83. The van der Waals surface area contributed by atoms with E-state index in [9.17, 15) is 5.11 Å². The molecular formula is C15H21NO.